The summed E-state index contributed by atoms with van der Waals surface area (Å²) >= 11 is 6.99. The first-order chi connectivity index (χ1) is 14.8. The van der Waals surface area contributed by atoms with Crippen molar-refractivity contribution < 1.29 is 17.7 Å². The first kappa shape index (κ1) is 23.2. The Labute approximate surface area is 190 Å². The number of thiophene rings is 1. The van der Waals surface area contributed by atoms with E-state index in [1.165, 1.54) is 0 Å². The topological polar surface area (TPSA) is 101 Å². The number of amides is 1. The predicted octanol–water partition coefficient (Wildman–Crippen LogP) is 4.74. The molecule has 0 radical (unpaired) electrons. The van der Waals surface area contributed by atoms with Gasteiger partial charge in [0, 0.05) is 22.9 Å². The van der Waals surface area contributed by atoms with Crippen LogP contribution in [0.25, 0.3) is 12.2 Å². The molecule has 0 atom stereocenters. The smallest absolute Gasteiger partial charge is 0.250 e. The van der Waals surface area contributed by atoms with Crippen LogP contribution in [0.4, 0.5) is 5.69 Å². The standard InChI is InChI=1S/C21H22ClN3O4S2/c1-3-19(26)24-21-14(2)25-29-18(21)10-8-17-9-11-20(30-17)31(27,28)23-13-12-15-4-6-16(22)7-5-15/h4-11,23H,3,12-13H2,1-2H3,(H,24,26). The molecule has 0 unspecified atom stereocenters. The van der Waals surface area contributed by atoms with E-state index in [4.69, 9.17) is 16.1 Å². The summed E-state index contributed by atoms with van der Waals surface area (Å²) in [6.07, 6.45) is 4.27. The zero-order valence-electron chi connectivity index (χ0n) is 17.0. The number of benzene rings is 1. The highest BCUT2D eigenvalue weighted by Gasteiger charge is 2.16. The SMILES string of the molecule is CCC(=O)Nc1c(C)noc1C=Cc1ccc(S(=O)(=O)NCCc2ccc(Cl)cc2)s1. The molecule has 0 aliphatic heterocycles. The van der Waals surface area contributed by atoms with Gasteiger partial charge in [-0.05, 0) is 55.3 Å². The zero-order chi connectivity index (χ0) is 22.4. The molecule has 31 heavy (non-hydrogen) atoms. The molecule has 2 heterocycles. The number of carbonyl (C=O) groups is 1. The van der Waals surface area contributed by atoms with Crippen molar-refractivity contribution in [1.29, 1.82) is 0 Å². The van der Waals surface area contributed by atoms with Gasteiger partial charge in [-0.1, -0.05) is 35.8 Å². The maximum Gasteiger partial charge on any atom is 0.250 e. The lowest BCUT2D eigenvalue weighted by Gasteiger charge is -2.05. The fourth-order valence-corrected chi connectivity index (χ4v) is 5.09. The van der Waals surface area contributed by atoms with Crippen LogP contribution in [0.5, 0.6) is 0 Å². The van der Waals surface area contributed by atoms with E-state index in [1.54, 1.807) is 50.3 Å². The van der Waals surface area contributed by atoms with Gasteiger partial charge in [-0.25, -0.2) is 13.1 Å². The largest absolute Gasteiger partial charge is 0.354 e. The number of rotatable bonds is 9. The minimum absolute atomic E-state index is 0.143. The number of aromatic nitrogens is 1. The molecule has 0 saturated carbocycles. The Morgan fingerprint density at radius 2 is 1.94 bits per heavy atom. The number of hydrogen-bond donors (Lipinski definition) is 2. The molecule has 2 aromatic heterocycles. The van der Waals surface area contributed by atoms with Gasteiger partial charge < -0.3 is 9.84 Å². The molecule has 0 aliphatic rings. The molecule has 0 spiro atoms. The molecule has 164 valence electrons. The van der Waals surface area contributed by atoms with E-state index in [2.05, 4.69) is 15.2 Å². The summed E-state index contributed by atoms with van der Waals surface area (Å²) in [6, 6.07) is 10.6. The van der Waals surface area contributed by atoms with Gasteiger partial charge in [0.15, 0.2) is 5.76 Å². The van der Waals surface area contributed by atoms with Crippen molar-refractivity contribution >= 4 is 56.7 Å². The van der Waals surface area contributed by atoms with Crippen LogP contribution in [0, 0.1) is 6.92 Å². The van der Waals surface area contributed by atoms with Crippen LogP contribution in [-0.2, 0) is 21.2 Å². The number of nitrogens with zero attached hydrogens (tertiary/aromatic N) is 1. The number of hydrogen-bond acceptors (Lipinski definition) is 6. The summed E-state index contributed by atoms with van der Waals surface area (Å²) in [5, 5.41) is 7.27. The summed E-state index contributed by atoms with van der Waals surface area (Å²) in [5.41, 5.74) is 2.08. The van der Waals surface area contributed by atoms with Crippen molar-refractivity contribution in [3.8, 4) is 0 Å². The summed E-state index contributed by atoms with van der Waals surface area (Å²) in [5.74, 6) is 0.258. The van der Waals surface area contributed by atoms with E-state index in [9.17, 15) is 13.2 Å². The third-order valence-electron chi connectivity index (χ3n) is 4.36. The second-order valence-electron chi connectivity index (χ2n) is 6.67. The van der Waals surface area contributed by atoms with E-state index < -0.39 is 10.0 Å². The molecule has 0 saturated heterocycles. The second-order valence-corrected chi connectivity index (χ2v) is 10.2. The monoisotopic (exact) mass is 479 g/mol. The van der Waals surface area contributed by atoms with Crippen LogP contribution < -0.4 is 10.0 Å². The zero-order valence-corrected chi connectivity index (χ0v) is 19.4. The van der Waals surface area contributed by atoms with Gasteiger partial charge >= 0.3 is 0 Å². The number of halogens is 1. The molecule has 7 nitrogen and oxygen atoms in total. The number of aryl methyl sites for hydroxylation is 1. The lowest BCUT2D eigenvalue weighted by Crippen LogP contribution is -2.25. The van der Waals surface area contributed by atoms with Crippen LogP contribution in [0.15, 0.2) is 45.1 Å². The average Bonchev–Trinajstić information content (AvgIpc) is 3.36. The van der Waals surface area contributed by atoms with Crippen molar-refractivity contribution in [2.45, 2.75) is 30.9 Å². The van der Waals surface area contributed by atoms with Crippen LogP contribution in [-0.4, -0.2) is 26.0 Å². The highest BCUT2D eigenvalue weighted by molar-refractivity contribution is 7.91. The van der Waals surface area contributed by atoms with E-state index in [0.717, 1.165) is 21.8 Å². The Bertz CT molecular complexity index is 1180. The minimum atomic E-state index is -3.61. The van der Waals surface area contributed by atoms with Crippen molar-refractivity contribution in [2.24, 2.45) is 0 Å². The highest BCUT2D eigenvalue weighted by atomic mass is 35.5. The Kier molecular flexibility index (Phi) is 7.66. The third-order valence-corrected chi connectivity index (χ3v) is 7.61. The fraction of sp³-hybridized carbons (Fsp3) is 0.238. The Morgan fingerprint density at radius 3 is 2.65 bits per heavy atom. The maximum atomic E-state index is 12.6. The molecule has 0 bridgehead atoms. The van der Waals surface area contributed by atoms with Crippen LogP contribution >= 0.6 is 22.9 Å². The van der Waals surface area contributed by atoms with E-state index in [1.807, 2.05) is 12.1 Å². The number of carbonyl (C=O) groups excluding carboxylic acids is 1. The van der Waals surface area contributed by atoms with Crippen molar-refractivity contribution in [3.05, 3.63) is 63.3 Å². The van der Waals surface area contributed by atoms with E-state index >= 15 is 0 Å². The van der Waals surface area contributed by atoms with Gasteiger partial charge in [-0.3, -0.25) is 4.79 Å². The van der Waals surface area contributed by atoms with Crippen LogP contribution in [0.3, 0.4) is 0 Å². The Hall–Kier alpha value is -2.46. The summed E-state index contributed by atoms with van der Waals surface area (Å²) < 4.78 is 33.2. The van der Waals surface area contributed by atoms with Gasteiger partial charge in [0.25, 0.3) is 0 Å². The fourth-order valence-electron chi connectivity index (χ4n) is 2.66. The molecular formula is C21H22ClN3O4S2. The van der Waals surface area contributed by atoms with Crippen molar-refractivity contribution in [1.82, 2.24) is 9.88 Å². The maximum absolute atomic E-state index is 12.6. The van der Waals surface area contributed by atoms with Gasteiger partial charge in [0.1, 0.15) is 15.6 Å². The van der Waals surface area contributed by atoms with Crippen LogP contribution in [0.2, 0.25) is 5.02 Å². The highest BCUT2D eigenvalue weighted by Crippen LogP contribution is 2.26. The number of nitrogens with one attached hydrogen (secondary N) is 2. The predicted molar refractivity (Wildman–Crippen MR) is 124 cm³/mol. The summed E-state index contributed by atoms with van der Waals surface area (Å²) in [6.45, 7) is 3.77. The number of anilines is 1. The first-order valence-electron chi connectivity index (χ1n) is 9.56. The Balaban J connectivity index is 1.64. The first-order valence-corrected chi connectivity index (χ1v) is 12.2. The van der Waals surface area contributed by atoms with Gasteiger partial charge in [-0.15, -0.1) is 11.3 Å². The molecule has 2 N–H and O–H groups in total. The quantitative estimate of drug-likeness (QED) is 0.461. The normalized spacial score (nSPS) is 11.8. The molecular weight excluding hydrogens is 458 g/mol. The second kappa shape index (κ2) is 10.2. The molecule has 3 aromatic rings. The number of sulfonamides is 1. The van der Waals surface area contributed by atoms with Crippen molar-refractivity contribution in [2.75, 3.05) is 11.9 Å². The molecule has 1 aromatic carbocycles. The molecule has 0 aliphatic carbocycles. The van der Waals surface area contributed by atoms with E-state index in [-0.39, 0.29) is 16.7 Å². The lowest BCUT2D eigenvalue weighted by atomic mass is 10.2. The molecule has 3 rings (SSSR count). The van der Waals surface area contributed by atoms with E-state index in [0.29, 0.717) is 35.0 Å². The molecule has 10 heteroatoms. The van der Waals surface area contributed by atoms with Gasteiger partial charge in [-0.2, -0.15) is 0 Å². The molecule has 1 amide bonds. The van der Waals surface area contributed by atoms with Gasteiger partial charge in [0.2, 0.25) is 15.9 Å². The minimum Gasteiger partial charge on any atom is -0.354 e. The summed E-state index contributed by atoms with van der Waals surface area (Å²) in [7, 11) is -3.61. The third kappa shape index (κ3) is 6.27. The summed E-state index contributed by atoms with van der Waals surface area (Å²) in [4.78, 5) is 12.4. The van der Waals surface area contributed by atoms with Crippen LogP contribution in [0.1, 0.15) is 35.2 Å². The average molecular weight is 480 g/mol. The Morgan fingerprint density at radius 1 is 1.19 bits per heavy atom. The van der Waals surface area contributed by atoms with Crippen molar-refractivity contribution in [3.63, 3.8) is 0 Å². The molecule has 0 fully saturated rings. The lowest BCUT2D eigenvalue weighted by molar-refractivity contribution is -0.115. The van der Waals surface area contributed by atoms with Gasteiger partial charge in [0.05, 0.1) is 0 Å².